The van der Waals surface area contributed by atoms with E-state index in [4.69, 9.17) is 15.0 Å². The van der Waals surface area contributed by atoms with Crippen molar-refractivity contribution in [2.24, 2.45) is 5.73 Å². The van der Waals surface area contributed by atoms with Crippen LogP contribution in [0.15, 0.2) is 29.2 Å². The molecule has 7 heteroatoms. The lowest BCUT2D eigenvalue weighted by molar-refractivity contribution is -0.138. The predicted molar refractivity (Wildman–Crippen MR) is 64.5 cm³/mol. The average Bonchev–Trinajstić information content (AvgIpc) is 2.29. The number of carboxylic acid groups (broad SMARTS) is 1. The highest BCUT2D eigenvalue weighted by atomic mass is 32.2. The largest absolute Gasteiger partial charge is 0.480 e. The number of hydrogen-bond donors (Lipinski definition) is 2. The van der Waals surface area contributed by atoms with Gasteiger partial charge in [-0.25, -0.2) is 0 Å². The lowest BCUT2D eigenvalue weighted by Crippen LogP contribution is -2.31. The van der Waals surface area contributed by atoms with Crippen molar-refractivity contribution in [1.82, 2.24) is 0 Å². The fraction of sp³-hybridized carbons (Fsp3) is 0.364. The molecular weight excluding hydrogens is 258 g/mol. The number of nitrogens with two attached hydrogens (primary N) is 1. The minimum atomic E-state index is -3.85. The molecule has 0 bridgehead atoms. The van der Waals surface area contributed by atoms with E-state index >= 15 is 0 Å². The van der Waals surface area contributed by atoms with Gasteiger partial charge < -0.3 is 10.8 Å². The van der Waals surface area contributed by atoms with Crippen molar-refractivity contribution in [3.63, 3.8) is 0 Å². The number of hydrogen-bond acceptors (Lipinski definition) is 5. The summed E-state index contributed by atoms with van der Waals surface area (Å²) in [6.45, 7) is 1.58. The van der Waals surface area contributed by atoms with Crippen LogP contribution >= 0.6 is 0 Å². The van der Waals surface area contributed by atoms with E-state index in [1.807, 2.05) is 6.92 Å². The van der Waals surface area contributed by atoms with E-state index in [1.54, 1.807) is 12.1 Å². The van der Waals surface area contributed by atoms with Crippen molar-refractivity contribution in [3.05, 3.63) is 29.8 Å². The van der Waals surface area contributed by atoms with Gasteiger partial charge in [-0.2, -0.15) is 8.42 Å². The number of rotatable bonds is 6. The highest BCUT2D eigenvalue weighted by Gasteiger charge is 2.17. The van der Waals surface area contributed by atoms with Crippen LogP contribution < -0.4 is 5.73 Å². The van der Waals surface area contributed by atoms with E-state index in [2.05, 4.69) is 0 Å². The van der Waals surface area contributed by atoms with Gasteiger partial charge in [0.25, 0.3) is 10.1 Å². The van der Waals surface area contributed by atoms with E-state index in [0.29, 0.717) is 0 Å². The van der Waals surface area contributed by atoms with Crippen LogP contribution in [-0.4, -0.2) is 32.1 Å². The fourth-order valence-electron chi connectivity index (χ4n) is 1.18. The van der Waals surface area contributed by atoms with Crippen LogP contribution in [0, 0.1) is 6.92 Å². The summed E-state index contributed by atoms with van der Waals surface area (Å²) in [6.07, 6.45) is -0.0690. The van der Waals surface area contributed by atoms with Crippen LogP contribution in [-0.2, 0) is 19.1 Å². The third-order valence-corrected chi connectivity index (χ3v) is 3.62. The molecule has 0 aliphatic carbocycles. The molecule has 0 saturated heterocycles. The Bertz CT molecular complexity index is 509. The zero-order chi connectivity index (χ0) is 13.8. The topological polar surface area (TPSA) is 107 Å². The van der Waals surface area contributed by atoms with Crippen LogP contribution in [0.5, 0.6) is 0 Å². The maximum absolute atomic E-state index is 11.7. The SMILES string of the molecule is Cc1ccc(S(=O)(=O)OCCC(N)C(=O)O)cc1. The lowest BCUT2D eigenvalue weighted by atomic mass is 10.2. The van der Waals surface area contributed by atoms with Gasteiger partial charge >= 0.3 is 5.97 Å². The maximum atomic E-state index is 11.7. The molecule has 0 aliphatic heterocycles. The summed E-state index contributed by atoms with van der Waals surface area (Å²) in [6, 6.07) is 5.04. The summed E-state index contributed by atoms with van der Waals surface area (Å²) in [5, 5.41) is 8.53. The minimum Gasteiger partial charge on any atom is -0.480 e. The Morgan fingerprint density at radius 1 is 1.39 bits per heavy atom. The van der Waals surface area contributed by atoms with E-state index < -0.39 is 22.1 Å². The molecule has 1 aromatic carbocycles. The molecule has 1 atom stereocenters. The van der Waals surface area contributed by atoms with Crippen LogP contribution in [0.25, 0.3) is 0 Å². The molecule has 3 N–H and O–H groups in total. The van der Waals surface area contributed by atoms with Crippen molar-refractivity contribution in [2.45, 2.75) is 24.3 Å². The third-order valence-electron chi connectivity index (χ3n) is 2.29. The second-order valence-electron chi connectivity index (χ2n) is 3.82. The first kappa shape index (κ1) is 14.6. The minimum absolute atomic E-state index is 0.0389. The van der Waals surface area contributed by atoms with Gasteiger partial charge in [-0.1, -0.05) is 17.7 Å². The lowest BCUT2D eigenvalue weighted by Gasteiger charge is -2.08. The van der Waals surface area contributed by atoms with Gasteiger partial charge in [0.15, 0.2) is 0 Å². The van der Waals surface area contributed by atoms with Crippen molar-refractivity contribution in [2.75, 3.05) is 6.61 Å². The number of aryl methyl sites for hydroxylation is 1. The normalized spacial score (nSPS) is 13.2. The number of aliphatic carboxylic acids is 1. The van der Waals surface area contributed by atoms with E-state index in [9.17, 15) is 13.2 Å². The first-order chi connectivity index (χ1) is 8.33. The molecule has 100 valence electrons. The molecule has 0 fully saturated rings. The van der Waals surface area contributed by atoms with Gasteiger partial charge in [0.1, 0.15) is 6.04 Å². The summed E-state index contributed by atoms with van der Waals surface area (Å²) in [5.41, 5.74) is 6.16. The summed E-state index contributed by atoms with van der Waals surface area (Å²) >= 11 is 0. The van der Waals surface area contributed by atoms with Crippen LogP contribution in [0.3, 0.4) is 0 Å². The Morgan fingerprint density at radius 2 is 1.94 bits per heavy atom. The van der Waals surface area contributed by atoms with Gasteiger partial charge in [0, 0.05) is 0 Å². The third kappa shape index (κ3) is 4.10. The fourth-order valence-corrected chi connectivity index (χ4v) is 2.10. The summed E-state index contributed by atoms with van der Waals surface area (Å²) < 4.78 is 28.1. The van der Waals surface area contributed by atoms with E-state index in [0.717, 1.165) is 5.56 Å². The molecule has 0 saturated carbocycles. The number of carbonyl (C=O) groups is 1. The summed E-state index contributed by atoms with van der Waals surface area (Å²) in [5.74, 6) is -1.19. The molecule has 0 heterocycles. The molecule has 1 unspecified atom stereocenters. The Kier molecular flexibility index (Phi) is 4.83. The molecule has 1 rings (SSSR count). The number of carboxylic acids is 1. The summed E-state index contributed by atoms with van der Waals surface area (Å²) in [4.78, 5) is 10.5. The Labute approximate surface area is 105 Å². The van der Waals surface area contributed by atoms with Crippen LogP contribution in [0.2, 0.25) is 0 Å². The second-order valence-corrected chi connectivity index (χ2v) is 5.44. The molecule has 0 aliphatic rings. The molecule has 0 amide bonds. The van der Waals surface area contributed by atoms with Crippen molar-refractivity contribution >= 4 is 16.1 Å². The zero-order valence-electron chi connectivity index (χ0n) is 9.87. The van der Waals surface area contributed by atoms with Crippen LogP contribution in [0.1, 0.15) is 12.0 Å². The Hall–Kier alpha value is -1.44. The van der Waals surface area contributed by atoms with Gasteiger partial charge in [-0.15, -0.1) is 0 Å². The quantitative estimate of drug-likeness (QED) is 0.731. The molecule has 0 spiro atoms. The van der Waals surface area contributed by atoms with E-state index in [1.165, 1.54) is 12.1 Å². The van der Waals surface area contributed by atoms with Crippen molar-refractivity contribution in [1.29, 1.82) is 0 Å². The molecule has 0 radical (unpaired) electrons. The van der Waals surface area contributed by atoms with Crippen molar-refractivity contribution in [3.8, 4) is 0 Å². The van der Waals surface area contributed by atoms with Gasteiger partial charge in [-0.05, 0) is 25.5 Å². The first-order valence-electron chi connectivity index (χ1n) is 5.27. The maximum Gasteiger partial charge on any atom is 0.320 e. The molecular formula is C11H15NO5S. The highest BCUT2D eigenvalue weighted by Crippen LogP contribution is 2.13. The van der Waals surface area contributed by atoms with Gasteiger partial charge in [0.05, 0.1) is 11.5 Å². The average molecular weight is 273 g/mol. The monoisotopic (exact) mass is 273 g/mol. The predicted octanol–water partition coefficient (Wildman–Crippen LogP) is 0.502. The molecule has 1 aromatic rings. The first-order valence-corrected chi connectivity index (χ1v) is 6.68. The van der Waals surface area contributed by atoms with Crippen LogP contribution in [0.4, 0.5) is 0 Å². The Balaban J connectivity index is 2.60. The smallest absolute Gasteiger partial charge is 0.320 e. The van der Waals surface area contributed by atoms with Crippen molar-refractivity contribution < 1.29 is 22.5 Å². The summed E-state index contributed by atoms with van der Waals surface area (Å²) in [7, 11) is -3.85. The highest BCUT2D eigenvalue weighted by molar-refractivity contribution is 7.86. The molecule has 18 heavy (non-hydrogen) atoms. The zero-order valence-corrected chi connectivity index (χ0v) is 10.7. The van der Waals surface area contributed by atoms with E-state index in [-0.39, 0.29) is 17.9 Å². The Morgan fingerprint density at radius 3 is 2.44 bits per heavy atom. The van der Waals surface area contributed by atoms with Gasteiger partial charge in [-0.3, -0.25) is 8.98 Å². The standard InChI is InChI=1S/C11H15NO5S/c1-8-2-4-9(5-3-8)18(15,16)17-7-6-10(12)11(13)14/h2-5,10H,6-7,12H2,1H3,(H,13,14). The number of benzene rings is 1. The molecule has 6 nitrogen and oxygen atoms in total. The second kappa shape index (κ2) is 5.94. The molecule has 0 aromatic heterocycles. The van der Waals surface area contributed by atoms with Gasteiger partial charge in [0.2, 0.25) is 0 Å².